The van der Waals surface area contributed by atoms with E-state index < -0.39 is 0 Å². The van der Waals surface area contributed by atoms with Crippen molar-refractivity contribution in [3.8, 4) is 0 Å². The number of rotatable bonds is 5. The number of carbonyl (C=O) groups is 1. The van der Waals surface area contributed by atoms with E-state index in [1.807, 2.05) is 37.3 Å². The Morgan fingerprint density at radius 3 is 2.32 bits per heavy atom. The number of benzene rings is 2. The molecule has 0 radical (unpaired) electrons. The van der Waals surface area contributed by atoms with E-state index in [0.717, 1.165) is 31.7 Å². The quantitative estimate of drug-likeness (QED) is 0.891. The highest BCUT2D eigenvalue weighted by molar-refractivity contribution is 6.30. The van der Waals surface area contributed by atoms with Gasteiger partial charge in [-0.25, -0.2) is 0 Å². The molecule has 1 aliphatic rings. The maximum absolute atomic E-state index is 12.3. The molecule has 1 saturated heterocycles. The molecule has 3 rings (SSSR count). The molecule has 1 unspecified atom stereocenters. The van der Waals surface area contributed by atoms with Gasteiger partial charge >= 0.3 is 0 Å². The van der Waals surface area contributed by atoms with Gasteiger partial charge in [-0.05, 0) is 36.8 Å². The van der Waals surface area contributed by atoms with Gasteiger partial charge in [-0.15, -0.1) is 0 Å². The van der Waals surface area contributed by atoms with Gasteiger partial charge < -0.3 is 10.2 Å². The second-order valence-corrected chi connectivity index (χ2v) is 6.88. The number of anilines is 1. The highest BCUT2D eigenvalue weighted by atomic mass is 35.5. The van der Waals surface area contributed by atoms with Crippen molar-refractivity contribution in [1.29, 1.82) is 0 Å². The fraction of sp³-hybridized carbons (Fsp3) is 0.350. The fourth-order valence-corrected chi connectivity index (χ4v) is 3.25. The van der Waals surface area contributed by atoms with E-state index in [9.17, 15) is 4.79 Å². The monoisotopic (exact) mass is 357 g/mol. The van der Waals surface area contributed by atoms with Crippen LogP contribution in [-0.2, 0) is 4.79 Å². The largest absolute Gasteiger partial charge is 0.369 e. The highest BCUT2D eigenvalue weighted by Crippen LogP contribution is 2.17. The zero-order chi connectivity index (χ0) is 17.6. The van der Waals surface area contributed by atoms with E-state index in [1.165, 1.54) is 5.69 Å². The number of nitrogens with zero attached hydrogens (tertiary/aromatic N) is 2. The Kier molecular flexibility index (Phi) is 5.95. The predicted molar refractivity (Wildman–Crippen MR) is 103 cm³/mol. The maximum Gasteiger partial charge on any atom is 0.234 e. The number of para-hydroxylation sites is 1. The third-order valence-electron chi connectivity index (χ3n) is 4.61. The van der Waals surface area contributed by atoms with E-state index >= 15 is 0 Å². The average Bonchev–Trinajstić information content (AvgIpc) is 2.63. The zero-order valence-electron chi connectivity index (χ0n) is 14.5. The topological polar surface area (TPSA) is 35.6 Å². The summed E-state index contributed by atoms with van der Waals surface area (Å²) < 4.78 is 0. The van der Waals surface area contributed by atoms with Gasteiger partial charge in [0.1, 0.15) is 0 Å². The number of halogens is 1. The lowest BCUT2D eigenvalue weighted by molar-refractivity contribution is -0.123. The Balaban J connectivity index is 1.45. The molecule has 132 valence electrons. The third-order valence-corrected chi connectivity index (χ3v) is 4.86. The van der Waals surface area contributed by atoms with Crippen LogP contribution in [0.5, 0.6) is 0 Å². The van der Waals surface area contributed by atoms with Crippen molar-refractivity contribution in [3.63, 3.8) is 0 Å². The van der Waals surface area contributed by atoms with Crippen LogP contribution < -0.4 is 10.2 Å². The Morgan fingerprint density at radius 2 is 1.68 bits per heavy atom. The van der Waals surface area contributed by atoms with Gasteiger partial charge in [-0.1, -0.05) is 41.9 Å². The summed E-state index contributed by atoms with van der Waals surface area (Å²) in [6, 6.07) is 18.0. The summed E-state index contributed by atoms with van der Waals surface area (Å²) in [5.74, 6) is 0.0654. The Hall–Kier alpha value is -2.04. The first-order valence-electron chi connectivity index (χ1n) is 8.69. The van der Waals surface area contributed by atoms with Crippen molar-refractivity contribution in [2.75, 3.05) is 37.6 Å². The smallest absolute Gasteiger partial charge is 0.234 e. The van der Waals surface area contributed by atoms with Gasteiger partial charge in [-0.2, -0.15) is 0 Å². The van der Waals surface area contributed by atoms with Crippen molar-refractivity contribution >= 4 is 23.2 Å². The number of carbonyl (C=O) groups excluding carboxylic acids is 1. The number of hydrogen-bond donors (Lipinski definition) is 1. The van der Waals surface area contributed by atoms with Crippen LogP contribution in [0, 0.1) is 0 Å². The van der Waals surface area contributed by atoms with Crippen LogP contribution in [0.1, 0.15) is 18.5 Å². The second-order valence-electron chi connectivity index (χ2n) is 6.44. The van der Waals surface area contributed by atoms with Gasteiger partial charge in [0, 0.05) is 36.9 Å². The lowest BCUT2D eigenvalue weighted by Crippen LogP contribution is -2.49. The summed E-state index contributed by atoms with van der Waals surface area (Å²) in [7, 11) is 0. The molecule has 1 atom stereocenters. The molecule has 0 saturated carbocycles. The molecule has 1 heterocycles. The molecule has 1 amide bonds. The molecule has 5 heteroatoms. The molecule has 1 fully saturated rings. The number of piperazine rings is 1. The van der Waals surface area contributed by atoms with Crippen molar-refractivity contribution < 1.29 is 4.79 Å². The first-order valence-corrected chi connectivity index (χ1v) is 9.07. The van der Waals surface area contributed by atoms with E-state index in [2.05, 4.69) is 39.4 Å². The van der Waals surface area contributed by atoms with Crippen LogP contribution in [-0.4, -0.2) is 43.5 Å². The lowest BCUT2D eigenvalue weighted by atomic mass is 10.1. The molecule has 4 nitrogen and oxygen atoms in total. The van der Waals surface area contributed by atoms with Gasteiger partial charge in [0.05, 0.1) is 12.6 Å². The van der Waals surface area contributed by atoms with Crippen molar-refractivity contribution in [2.45, 2.75) is 13.0 Å². The van der Waals surface area contributed by atoms with Crippen molar-refractivity contribution in [1.82, 2.24) is 10.2 Å². The summed E-state index contributed by atoms with van der Waals surface area (Å²) in [5, 5.41) is 3.78. The Bertz CT molecular complexity index is 682. The third kappa shape index (κ3) is 4.97. The summed E-state index contributed by atoms with van der Waals surface area (Å²) in [6.45, 7) is 6.14. The standard InChI is InChI=1S/C20H24ClN3O/c1-16(17-7-9-18(21)10-8-17)22-20(25)15-23-11-13-24(14-12-23)19-5-3-2-4-6-19/h2-10,16H,11-15H2,1H3,(H,22,25). The SMILES string of the molecule is CC(NC(=O)CN1CCN(c2ccccc2)CC1)c1ccc(Cl)cc1. The van der Waals surface area contributed by atoms with E-state index in [1.54, 1.807) is 0 Å². The highest BCUT2D eigenvalue weighted by Gasteiger charge is 2.20. The minimum absolute atomic E-state index is 0.0182. The minimum Gasteiger partial charge on any atom is -0.369 e. The number of amides is 1. The molecule has 2 aromatic carbocycles. The van der Waals surface area contributed by atoms with Crippen LogP contribution >= 0.6 is 11.6 Å². The van der Waals surface area contributed by atoms with Crippen molar-refractivity contribution in [2.24, 2.45) is 0 Å². The molecule has 1 N–H and O–H groups in total. The average molecular weight is 358 g/mol. The van der Waals surface area contributed by atoms with E-state index in [4.69, 9.17) is 11.6 Å². The van der Waals surface area contributed by atoms with E-state index in [-0.39, 0.29) is 11.9 Å². The maximum atomic E-state index is 12.3. The lowest BCUT2D eigenvalue weighted by Gasteiger charge is -2.35. The van der Waals surface area contributed by atoms with E-state index in [0.29, 0.717) is 11.6 Å². The van der Waals surface area contributed by atoms with Crippen molar-refractivity contribution in [3.05, 3.63) is 65.2 Å². The number of nitrogens with one attached hydrogen (secondary N) is 1. The minimum atomic E-state index is -0.0182. The fourth-order valence-electron chi connectivity index (χ4n) is 3.13. The molecule has 0 aromatic heterocycles. The van der Waals surface area contributed by atoms with Gasteiger partial charge in [0.15, 0.2) is 0 Å². The van der Waals surface area contributed by atoms with Crippen LogP contribution in [0.4, 0.5) is 5.69 Å². The summed E-state index contributed by atoms with van der Waals surface area (Å²) in [5.41, 5.74) is 2.31. The molecule has 0 aliphatic carbocycles. The van der Waals surface area contributed by atoms with Crippen LogP contribution in [0.3, 0.4) is 0 Å². The second kappa shape index (κ2) is 8.37. The molecule has 0 spiro atoms. The van der Waals surface area contributed by atoms with Crippen LogP contribution in [0.25, 0.3) is 0 Å². The Morgan fingerprint density at radius 1 is 1.04 bits per heavy atom. The molecular weight excluding hydrogens is 334 g/mol. The normalized spacial score (nSPS) is 16.5. The number of hydrogen-bond acceptors (Lipinski definition) is 3. The van der Waals surface area contributed by atoms with Crippen LogP contribution in [0.15, 0.2) is 54.6 Å². The summed E-state index contributed by atoms with van der Waals surface area (Å²) in [6.07, 6.45) is 0. The molecular formula is C20H24ClN3O. The predicted octanol–water partition coefficient (Wildman–Crippen LogP) is 3.34. The van der Waals surface area contributed by atoms with Gasteiger partial charge in [0.2, 0.25) is 5.91 Å². The summed E-state index contributed by atoms with van der Waals surface area (Å²) >= 11 is 5.91. The first kappa shape index (κ1) is 17.8. The van der Waals surface area contributed by atoms with Gasteiger partial charge in [-0.3, -0.25) is 9.69 Å². The molecule has 1 aliphatic heterocycles. The molecule has 25 heavy (non-hydrogen) atoms. The van der Waals surface area contributed by atoms with Crippen LogP contribution in [0.2, 0.25) is 5.02 Å². The van der Waals surface area contributed by atoms with Gasteiger partial charge in [0.25, 0.3) is 0 Å². The zero-order valence-corrected chi connectivity index (χ0v) is 15.2. The summed E-state index contributed by atoms with van der Waals surface area (Å²) in [4.78, 5) is 16.9. The Labute approximate surface area is 154 Å². The molecule has 0 bridgehead atoms. The molecule has 2 aromatic rings. The first-order chi connectivity index (χ1) is 12.1.